The lowest BCUT2D eigenvalue weighted by atomic mass is 9.96. The van der Waals surface area contributed by atoms with Crippen LogP contribution >= 0.6 is 23.2 Å². The smallest absolute Gasteiger partial charge is 0.180 e. The van der Waals surface area contributed by atoms with Gasteiger partial charge in [-0.15, -0.1) is 0 Å². The van der Waals surface area contributed by atoms with Crippen molar-refractivity contribution in [2.24, 2.45) is 0 Å². The molecule has 5 heteroatoms. The first kappa shape index (κ1) is 21.3. The number of nitrogens with two attached hydrogens (primary N) is 1. The van der Waals surface area contributed by atoms with Crippen LogP contribution in [0.1, 0.15) is 56.1 Å². The van der Waals surface area contributed by atoms with E-state index in [2.05, 4.69) is 5.32 Å². The minimum Gasteiger partial charge on any atom is -0.493 e. The molecular weight excluding hydrogens is 393 g/mol. The van der Waals surface area contributed by atoms with Crippen LogP contribution < -0.4 is 14.8 Å². The van der Waals surface area contributed by atoms with Crippen LogP contribution in [0.2, 0.25) is 10.0 Å². The van der Waals surface area contributed by atoms with E-state index in [1.54, 1.807) is 7.11 Å². The molecule has 3 rings (SSSR count). The molecule has 2 N–H and O–H groups in total. The fraction of sp³-hybridized carbons (Fsp3) is 0.478. The van der Waals surface area contributed by atoms with Crippen molar-refractivity contribution in [3.8, 4) is 11.5 Å². The third-order valence-corrected chi connectivity index (χ3v) is 5.96. The number of quaternary nitrogens is 1. The van der Waals surface area contributed by atoms with Crippen molar-refractivity contribution in [2.45, 2.75) is 64.1 Å². The molecular formula is C23H30Cl2NO2+. The van der Waals surface area contributed by atoms with E-state index in [1.165, 1.54) is 50.5 Å². The van der Waals surface area contributed by atoms with Crippen LogP contribution in [0.4, 0.5) is 0 Å². The second-order valence-corrected chi connectivity index (χ2v) is 8.41. The summed E-state index contributed by atoms with van der Waals surface area (Å²) in [5.41, 5.74) is 2.20. The predicted molar refractivity (Wildman–Crippen MR) is 116 cm³/mol. The van der Waals surface area contributed by atoms with E-state index in [-0.39, 0.29) is 0 Å². The zero-order valence-electron chi connectivity index (χ0n) is 16.6. The summed E-state index contributed by atoms with van der Waals surface area (Å²) in [5, 5.41) is 3.77. The summed E-state index contributed by atoms with van der Waals surface area (Å²) >= 11 is 12.5. The number of methoxy groups -OCH3 is 1. The molecule has 0 heterocycles. The lowest BCUT2D eigenvalue weighted by Gasteiger charge is -2.19. The lowest BCUT2D eigenvalue weighted by Crippen LogP contribution is -2.88. The summed E-state index contributed by atoms with van der Waals surface area (Å²) in [6.07, 6.45) is 9.48. The van der Waals surface area contributed by atoms with E-state index in [0.717, 1.165) is 12.1 Å². The summed E-state index contributed by atoms with van der Waals surface area (Å²) < 4.78 is 11.5. The van der Waals surface area contributed by atoms with Crippen molar-refractivity contribution in [3.63, 3.8) is 0 Å². The topological polar surface area (TPSA) is 35.1 Å². The van der Waals surface area contributed by atoms with E-state index in [0.29, 0.717) is 34.2 Å². The van der Waals surface area contributed by atoms with E-state index in [4.69, 9.17) is 32.7 Å². The first-order valence-corrected chi connectivity index (χ1v) is 11.0. The Morgan fingerprint density at radius 3 is 2.29 bits per heavy atom. The molecule has 1 aliphatic rings. The normalized spacial score (nSPS) is 15.7. The van der Waals surface area contributed by atoms with Crippen LogP contribution in [0.15, 0.2) is 36.4 Å². The third kappa shape index (κ3) is 6.30. The van der Waals surface area contributed by atoms with Crippen LogP contribution in [0, 0.1) is 0 Å². The Labute approximate surface area is 178 Å². The second kappa shape index (κ2) is 10.9. The number of hydrogen-bond acceptors (Lipinski definition) is 2. The number of ether oxygens (including phenoxy) is 2. The Morgan fingerprint density at radius 1 is 0.929 bits per heavy atom. The largest absolute Gasteiger partial charge is 0.493 e. The molecule has 0 atom stereocenters. The highest BCUT2D eigenvalue weighted by Gasteiger charge is 2.17. The molecule has 1 fully saturated rings. The van der Waals surface area contributed by atoms with Crippen molar-refractivity contribution in [1.82, 2.24) is 0 Å². The second-order valence-electron chi connectivity index (χ2n) is 7.57. The van der Waals surface area contributed by atoms with E-state index >= 15 is 0 Å². The highest BCUT2D eigenvalue weighted by Crippen LogP contribution is 2.37. The Morgan fingerprint density at radius 2 is 1.61 bits per heavy atom. The Hall–Kier alpha value is -1.42. The van der Waals surface area contributed by atoms with Crippen LogP contribution in [0.5, 0.6) is 11.5 Å². The molecule has 1 aliphatic carbocycles. The van der Waals surface area contributed by atoms with Crippen LogP contribution in [-0.2, 0) is 13.2 Å². The Bertz CT molecular complexity index is 741. The molecule has 152 valence electrons. The number of halogens is 2. The number of rotatable bonds is 7. The van der Waals surface area contributed by atoms with Crippen molar-refractivity contribution in [1.29, 1.82) is 0 Å². The van der Waals surface area contributed by atoms with Gasteiger partial charge in [-0.25, -0.2) is 0 Å². The zero-order chi connectivity index (χ0) is 19.8. The number of benzene rings is 2. The van der Waals surface area contributed by atoms with Gasteiger partial charge in [-0.2, -0.15) is 0 Å². The lowest BCUT2D eigenvalue weighted by molar-refractivity contribution is -0.706. The van der Waals surface area contributed by atoms with E-state index < -0.39 is 0 Å². The van der Waals surface area contributed by atoms with Gasteiger partial charge >= 0.3 is 0 Å². The fourth-order valence-electron chi connectivity index (χ4n) is 3.79. The maximum atomic E-state index is 6.53. The Balaban J connectivity index is 1.62. The molecule has 0 amide bonds. The minimum absolute atomic E-state index is 0.417. The third-order valence-electron chi connectivity index (χ3n) is 5.42. The van der Waals surface area contributed by atoms with Crippen LogP contribution in [0.25, 0.3) is 0 Å². The molecule has 0 radical (unpaired) electrons. The van der Waals surface area contributed by atoms with Crippen molar-refractivity contribution >= 4 is 23.2 Å². The molecule has 0 unspecified atom stereocenters. The number of hydrogen-bond donors (Lipinski definition) is 1. The summed E-state index contributed by atoms with van der Waals surface area (Å²) in [5.74, 6) is 1.27. The molecule has 0 spiro atoms. The van der Waals surface area contributed by atoms with Gasteiger partial charge in [-0.3, -0.25) is 0 Å². The van der Waals surface area contributed by atoms with Gasteiger partial charge in [0.2, 0.25) is 0 Å². The SMILES string of the molecule is COc1cc(C[NH2+]C2CCCCCCC2)cc(Cl)c1OCc1ccc(Cl)cc1. The maximum Gasteiger partial charge on any atom is 0.180 e. The van der Waals surface area contributed by atoms with E-state index in [1.807, 2.05) is 36.4 Å². The van der Waals surface area contributed by atoms with Crippen LogP contribution in [-0.4, -0.2) is 13.2 Å². The van der Waals surface area contributed by atoms with Gasteiger partial charge in [0, 0.05) is 10.6 Å². The van der Waals surface area contributed by atoms with Gasteiger partial charge in [-0.1, -0.05) is 54.6 Å². The highest BCUT2D eigenvalue weighted by molar-refractivity contribution is 6.32. The monoisotopic (exact) mass is 422 g/mol. The van der Waals surface area contributed by atoms with Gasteiger partial charge < -0.3 is 14.8 Å². The average Bonchev–Trinajstić information content (AvgIpc) is 2.67. The highest BCUT2D eigenvalue weighted by atomic mass is 35.5. The molecule has 2 aromatic rings. The predicted octanol–water partition coefficient (Wildman–Crippen LogP) is 5.76. The first-order chi connectivity index (χ1) is 13.7. The quantitative estimate of drug-likeness (QED) is 0.615. The zero-order valence-corrected chi connectivity index (χ0v) is 18.1. The van der Waals surface area contributed by atoms with Crippen molar-refractivity contribution in [2.75, 3.05) is 7.11 Å². The van der Waals surface area contributed by atoms with E-state index in [9.17, 15) is 0 Å². The minimum atomic E-state index is 0.417. The van der Waals surface area contributed by atoms with Gasteiger partial charge in [0.15, 0.2) is 11.5 Å². The van der Waals surface area contributed by atoms with Crippen molar-refractivity contribution in [3.05, 3.63) is 57.6 Å². The summed E-state index contributed by atoms with van der Waals surface area (Å²) in [6, 6.07) is 12.4. The first-order valence-electron chi connectivity index (χ1n) is 10.2. The molecule has 0 aromatic heterocycles. The summed E-state index contributed by atoms with van der Waals surface area (Å²) in [4.78, 5) is 0. The van der Waals surface area contributed by atoms with Gasteiger partial charge in [0.1, 0.15) is 13.2 Å². The standard InChI is InChI=1S/C23H29Cl2NO2/c1-27-22-14-18(15-26-20-7-5-3-2-4-6-8-20)13-21(25)23(22)28-16-17-9-11-19(24)12-10-17/h9-14,20,26H,2-8,15-16H2,1H3/p+1. The van der Waals surface area contributed by atoms with Crippen molar-refractivity contribution < 1.29 is 14.8 Å². The van der Waals surface area contributed by atoms with Gasteiger partial charge in [0.25, 0.3) is 0 Å². The molecule has 3 nitrogen and oxygen atoms in total. The van der Waals surface area contributed by atoms with Crippen LogP contribution in [0.3, 0.4) is 0 Å². The average molecular weight is 423 g/mol. The fourth-order valence-corrected chi connectivity index (χ4v) is 4.21. The molecule has 0 aliphatic heterocycles. The van der Waals surface area contributed by atoms with Gasteiger partial charge in [-0.05, 0) is 55.5 Å². The summed E-state index contributed by atoms with van der Waals surface area (Å²) in [6.45, 7) is 1.33. The molecule has 2 aromatic carbocycles. The molecule has 0 saturated heterocycles. The molecule has 28 heavy (non-hydrogen) atoms. The molecule has 0 bridgehead atoms. The molecule has 1 saturated carbocycles. The maximum absolute atomic E-state index is 6.53. The summed E-state index contributed by atoms with van der Waals surface area (Å²) in [7, 11) is 1.66. The Kier molecular flexibility index (Phi) is 8.32. The van der Waals surface area contributed by atoms with Gasteiger partial charge in [0.05, 0.1) is 18.2 Å².